The van der Waals surface area contributed by atoms with E-state index in [0.717, 1.165) is 18.6 Å². The van der Waals surface area contributed by atoms with Crippen LogP contribution >= 0.6 is 11.8 Å². The van der Waals surface area contributed by atoms with E-state index in [1.165, 1.54) is 0 Å². The number of hydrogen-bond donors (Lipinski definition) is 1. The van der Waals surface area contributed by atoms with Gasteiger partial charge in [-0.15, -0.1) is 5.10 Å². The zero-order valence-corrected chi connectivity index (χ0v) is 10.4. The number of hydrogen-bond acceptors (Lipinski definition) is 4. The molecule has 0 fully saturated rings. The zero-order chi connectivity index (χ0) is 11.4. The Labute approximate surface area is 99.5 Å². The highest BCUT2D eigenvalue weighted by atomic mass is 32.2. The molecule has 2 aromatic heterocycles. The average Bonchev–Trinajstić information content (AvgIpc) is 2.71. The fourth-order valence-corrected chi connectivity index (χ4v) is 1.77. The van der Waals surface area contributed by atoms with Gasteiger partial charge in [-0.05, 0) is 24.8 Å². The summed E-state index contributed by atoms with van der Waals surface area (Å²) in [5.41, 5.74) is 0.878. The number of nitrogens with one attached hydrogen (secondary N) is 1. The van der Waals surface area contributed by atoms with E-state index < -0.39 is 0 Å². The smallest absolute Gasteiger partial charge is 0.243 e. The van der Waals surface area contributed by atoms with E-state index in [1.807, 2.05) is 36.2 Å². The molecule has 2 rings (SSSR count). The number of rotatable bonds is 5. The van der Waals surface area contributed by atoms with Crippen molar-refractivity contribution in [3.8, 4) is 0 Å². The molecule has 0 amide bonds. The maximum Gasteiger partial charge on any atom is 0.243 e. The van der Waals surface area contributed by atoms with Crippen LogP contribution in [0.2, 0.25) is 0 Å². The van der Waals surface area contributed by atoms with Crippen molar-refractivity contribution in [2.75, 3.05) is 18.1 Å². The van der Waals surface area contributed by atoms with Crippen LogP contribution in [-0.2, 0) is 0 Å². The van der Waals surface area contributed by atoms with Gasteiger partial charge in [0.25, 0.3) is 0 Å². The van der Waals surface area contributed by atoms with Gasteiger partial charge in [-0.2, -0.15) is 16.7 Å². The molecule has 16 heavy (non-hydrogen) atoms. The lowest BCUT2D eigenvalue weighted by Crippen LogP contribution is -2.08. The third-order valence-electron chi connectivity index (χ3n) is 2.48. The second-order valence-electron chi connectivity index (χ2n) is 3.70. The van der Waals surface area contributed by atoms with E-state index >= 15 is 0 Å². The van der Waals surface area contributed by atoms with Gasteiger partial charge in [0, 0.05) is 18.0 Å². The summed E-state index contributed by atoms with van der Waals surface area (Å²) in [5, 5.41) is 8.24. The first kappa shape index (κ1) is 11.3. The molecule has 86 valence electrons. The zero-order valence-electron chi connectivity index (χ0n) is 9.55. The van der Waals surface area contributed by atoms with Crippen LogP contribution in [0.3, 0.4) is 0 Å². The highest BCUT2D eigenvalue weighted by molar-refractivity contribution is 7.99. The first-order valence-electron chi connectivity index (χ1n) is 5.37. The molecule has 0 aliphatic heterocycles. The Hall–Kier alpha value is -1.23. The fraction of sp³-hybridized carbons (Fsp3) is 0.455. The Bertz CT molecular complexity index is 421. The first-order chi connectivity index (χ1) is 7.79. The summed E-state index contributed by atoms with van der Waals surface area (Å²) in [6.07, 6.45) is 5.16. The molecule has 2 heterocycles. The summed E-state index contributed by atoms with van der Waals surface area (Å²) in [5.74, 6) is 0.708. The van der Waals surface area contributed by atoms with Crippen molar-refractivity contribution in [2.24, 2.45) is 0 Å². The van der Waals surface area contributed by atoms with Crippen LogP contribution in [0.1, 0.15) is 13.3 Å². The van der Waals surface area contributed by atoms with Gasteiger partial charge in [0.1, 0.15) is 0 Å². The molecule has 0 spiro atoms. The van der Waals surface area contributed by atoms with E-state index in [9.17, 15) is 0 Å². The van der Waals surface area contributed by atoms with Gasteiger partial charge in [-0.1, -0.05) is 13.0 Å². The van der Waals surface area contributed by atoms with Crippen LogP contribution < -0.4 is 5.32 Å². The summed E-state index contributed by atoms with van der Waals surface area (Å²) in [7, 11) is 0. The highest BCUT2D eigenvalue weighted by Gasteiger charge is 2.03. The standard InChI is InChI=1S/C11H16N4S/c1-9(16-2)6-7-12-11-13-10-5-3-4-8-15(10)14-11/h3-5,8-9H,6-7H2,1-2H3,(H,12,14). The van der Waals surface area contributed by atoms with Gasteiger partial charge >= 0.3 is 0 Å². The van der Waals surface area contributed by atoms with Gasteiger partial charge < -0.3 is 5.32 Å². The highest BCUT2D eigenvalue weighted by Crippen LogP contribution is 2.10. The lowest BCUT2D eigenvalue weighted by molar-refractivity contribution is 0.841. The lowest BCUT2D eigenvalue weighted by atomic mass is 10.3. The second kappa shape index (κ2) is 5.21. The molecule has 1 unspecified atom stereocenters. The van der Waals surface area contributed by atoms with Crippen molar-refractivity contribution < 1.29 is 0 Å². The normalized spacial score (nSPS) is 12.9. The maximum atomic E-state index is 4.37. The number of thioether (sulfide) groups is 1. The van der Waals surface area contributed by atoms with Crippen molar-refractivity contribution in [3.05, 3.63) is 24.4 Å². The molecule has 1 atom stereocenters. The molecule has 4 nitrogen and oxygen atoms in total. The summed E-state index contributed by atoms with van der Waals surface area (Å²) >= 11 is 1.88. The SMILES string of the molecule is CSC(C)CCNc1nc2ccccn2n1. The van der Waals surface area contributed by atoms with Crippen LogP contribution in [0, 0.1) is 0 Å². The molecule has 0 bridgehead atoms. The van der Waals surface area contributed by atoms with Crippen LogP contribution in [0.4, 0.5) is 5.95 Å². The van der Waals surface area contributed by atoms with Gasteiger partial charge in [-0.3, -0.25) is 0 Å². The van der Waals surface area contributed by atoms with Crippen molar-refractivity contribution in [2.45, 2.75) is 18.6 Å². The predicted molar refractivity (Wildman–Crippen MR) is 69.1 cm³/mol. The topological polar surface area (TPSA) is 42.2 Å². The minimum atomic E-state index is 0.671. The summed E-state index contributed by atoms with van der Waals surface area (Å²) < 4.78 is 1.78. The van der Waals surface area contributed by atoms with E-state index in [2.05, 4.69) is 28.6 Å². The third kappa shape index (κ3) is 2.66. The van der Waals surface area contributed by atoms with E-state index in [-0.39, 0.29) is 0 Å². The number of pyridine rings is 1. The van der Waals surface area contributed by atoms with Crippen molar-refractivity contribution in [1.82, 2.24) is 14.6 Å². The van der Waals surface area contributed by atoms with Gasteiger partial charge in [0.05, 0.1) is 0 Å². The fourth-order valence-electron chi connectivity index (χ4n) is 1.41. The Morgan fingerprint density at radius 3 is 3.12 bits per heavy atom. The molecular weight excluding hydrogens is 220 g/mol. The van der Waals surface area contributed by atoms with Crippen molar-refractivity contribution >= 4 is 23.4 Å². The lowest BCUT2D eigenvalue weighted by Gasteiger charge is -2.07. The van der Waals surface area contributed by atoms with E-state index in [0.29, 0.717) is 11.2 Å². The summed E-state index contributed by atoms with van der Waals surface area (Å²) in [6.45, 7) is 3.14. The quantitative estimate of drug-likeness (QED) is 0.865. The molecule has 1 N–H and O–H groups in total. The number of fused-ring (bicyclic) bond motifs is 1. The van der Waals surface area contributed by atoms with Gasteiger partial charge in [0.2, 0.25) is 5.95 Å². The van der Waals surface area contributed by atoms with Crippen LogP contribution in [0.5, 0.6) is 0 Å². The summed E-state index contributed by atoms with van der Waals surface area (Å²) in [6, 6.07) is 5.85. The first-order valence-corrected chi connectivity index (χ1v) is 6.66. The average molecular weight is 236 g/mol. The predicted octanol–water partition coefficient (Wildman–Crippen LogP) is 2.28. The monoisotopic (exact) mass is 236 g/mol. The van der Waals surface area contributed by atoms with Crippen molar-refractivity contribution in [3.63, 3.8) is 0 Å². The van der Waals surface area contributed by atoms with E-state index in [1.54, 1.807) is 4.52 Å². The number of nitrogens with zero attached hydrogens (tertiary/aromatic N) is 3. The minimum Gasteiger partial charge on any atom is -0.353 e. The molecule has 0 saturated carbocycles. The second-order valence-corrected chi connectivity index (χ2v) is 4.98. The maximum absolute atomic E-state index is 4.37. The minimum absolute atomic E-state index is 0.671. The third-order valence-corrected chi connectivity index (χ3v) is 3.52. The Kier molecular flexibility index (Phi) is 3.66. The molecular formula is C11H16N4S. The molecule has 0 saturated heterocycles. The molecule has 0 radical (unpaired) electrons. The van der Waals surface area contributed by atoms with Crippen LogP contribution in [0.25, 0.3) is 5.65 Å². The van der Waals surface area contributed by atoms with Crippen LogP contribution in [0.15, 0.2) is 24.4 Å². The van der Waals surface area contributed by atoms with Crippen molar-refractivity contribution in [1.29, 1.82) is 0 Å². The molecule has 0 aromatic carbocycles. The molecule has 2 aromatic rings. The molecule has 0 aliphatic carbocycles. The molecule has 0 aliphatic rings. The largest absolute Gasteiger partial charge is 0.353 e. The van der Waals surface area contributed by atoms with Gasteiger partial charge in [-0.25, -0.2) is 4.52 Å². The number of anilines is 1. The molecule has 5 heteroatoms. The van der Waals surface area contributed by atoms with E-state index in [4.69, 9.17) is 0 Å². The van der Waals surface area contributed by atoms with Gasteiger partial charge in [0.15, 0.2) is 5.65 Å². The van der Waals surface area contributed by atoms with Crippen LogP contribution in [-0.4, -0.2) is 32.6 Å². The Morgan fingerprint density at radius 2 is 2.38 bits per heavy atom. The Morgan fingerprint density at radius 1 is 1.50 bits per heavy atom. The number of aromatic nitrogens is 3. The summed E-state index contributed by atoms with van der Waals surface area (Å²) in [4.78, 5) is 4.37. The Balaban J connectivity index is 1.94.